The molecule has 0 radical (unpaired) electrons. The number of rotatable bonds is 3. The van der Waals surface area contributed by atoms with E-state index >= 15 is 0 Å². The first-order valence-electron chi connectivity index (χ1n) is 14.3. The van der Waals surface area contributed by atoms with Gasteiger partial charge in [-0.25, -0.2) is 0 Å². The molecule has 0 amide bonds. The molecule has 9 rings (SSSR count). The van der Waals surface area contributed by atoms with Gasteiger partial charge in [-0.2, -0.15) is 0 Å². The lowest BCUT2D eigenvalue weighted by Gasteiger charge is -2.18. The minimum atomic E-state index is 1.25. The van der Waals surface area contributed by atoms with Crippen LogP contribution in [0.3, 0.4) is 0 Å². The molecular weight excluding hydrogens is 545 g/mol. The molecule has 9 aromatic rings. The first kappa shape index (κ1) is 23.9. The molecule has 0 aliphatic heterocycles. The van der Waals surface area contributed by atoms with Crippen molar-refractivity contribution in [1.29, 1.82) is 0 Å². The van der Waals surface area contributed by atoms with E-state index in [1.54, 1.807) is 0 Å². The summed E-state index contributed by atoms with van der Waals surface area (Å²) in [5.74, 6) is 0. The van der Waals surface area contributed by atoms with Crippen LogP contribution in [0, 0.1) is 0 Å². The molecule has 7 aromatic carbocycles. The maximum atomic E-state index is 2.48. The van der Waals surface area contributed by atoms with E-state index in [0.717, 1.165) is 0 Å². The van der Waals surface area contributed by atoms with E-state index in [-0.39, 0.29) is 0 Å². The van der Waals surface area contributed by atoms with Crippen LogP contribution in [0.2, 0.25) is 0 Å². The van der Waals surface area contributed by atoms with Crippen LogP contribution < -0.4 is 0 Å². The Balaban J connectivity index is 1.48. The zero-order chi connectivity index (χ0) is 27.6. The average Bonchev–Trinajstić information content (AvgIpc) is 3.67. The second kappa shape index (κ2) is 9.39. The van der Waals surface area contributed by atoms with Gasteiger partial charge in [-0.05, 0) is 62.0 Å². The van der Waals surface area contributed by atoms with Crippen molar-refractivity contribution in [3.05, 3.63) is 146 Å². The molecular formula is C40H24S2. The van der Waals surface area contributed by atoms with Crippen molar-refractivity contribution in [2.24, 2.45) is 0 Å². The fourth-order valence-corrected chi connectivity index (χ4v) is 9.10. The molecule has 0 unspecified atom stereocenters. The lowest BCUT2D eigenvalue weighted by atomic mass is 9.85. The monoisotopic (exact) mass is 568 g/mol. The van der Waals surface area contributed by atoms with Crippen molar-refractivity contribution >= 4 is 74.5 Å². The SMILES string of the molecule is c1ccc(-c2cc3c(s2)c(-c2c4ccccc4c(-c4ccccc4)c4ccccc24)cc2c4ccccc4sc32)cc1. The third-order valence-corrected chi connectivity index (χ3v) is 10.9. The predicted octanol–water partition coefficient (Wildman–Crippen LogP) is 12.6. The first-order valence-corrected chi connectivity index (χ1v) is 15.9. The molecule has 2 heterocycles. The molecule has 0 atom stereocenters. The van der Waals surface area contributed by atoms with Crippen LogP contribution >= 0.6 is 22.7 Å². The maximum absolute atomic E-state index is 2.48. The summed E-state index contributed by atoms with van der Waals surface area (Å²) in [5.41, 5.74) is 6.47. The van der Waals surface area contributed by atoms with Crippen LogP contribution in [0.1, 0.15) is 0 Å². The molecule has 0 nitrogen and oxygen atoms in total. The van der Waals surface area contributed by atoms with Gasteiger partial charge in [-0.15, -0.1) is 22.7 Å². The number of benzene rings is 7. The predicted molar refractivity (Wildman–Crippen MR) is 186 cm³/mol. The van der Waals surface area contributed by atoms with Crippen molar-refractivity contribution in [3.8, 4) is 32.7 Å². The van der Waals surface area contributed by atoms with Crippen molar-refractivity contribution in [3.63, 3.8) is 0 Å². The lowest BCUT2D eigenvalue weighted by Crippen LogP contribution is -1.91. The second-order valence-corrected chi connectivity index (χ2v) is 12.9. The Bertz CT molecular complexity index is 2390. The first-order chi connectivity index (χ1) is 20.8. The third-order valence-electron chi connectivity index (χ3n) is 8.47. The average molecular weight is 569 g/mol. The Labute approximate surface area is 251 Å². The molecule has 0 spiro atoms. The lowest BCUT2D eigenvalue weighted by molar-refractivity contribution is 1.67. The van der Waals surface area contributed by atoms with Gasteiger partial charge in [0.25, 0.3) is 0 Å². The Morgan fingerprint density at radius 2 is 0.857 bits per heavy atom. The van der Waals surface area contributed by atoms with Gasteiger partial charge < -0.3 is 0 Å². The molecule has 0 aliphatic carbocycles. The Morgan fingerprint density at radius 1 is 0.333 bits per heavy atom. The summed E-state index contributed by atoms with van der Waals surface area (Å²) in [6.07, 6.45) is 0. The minimum absolute atomic E-state index is 1.25. The molecule has 0 N–H and O–H groups in total. The Hall–Kier alpha value is -4.76. The maximum Gasteiger partial charge on any atom is 0.0442 e. The number of fused-ring (bicyclic) bond motifs is 7. The molecule has 2 aromatic heterocycles. The van der Waals surface area contributed by atoms with Crippen LogP contribution in [0.25, 0.3) is 84.5 Å². The van der Waals surface area contributed by atoms with Crippen molar-refractivity contribution in [2.45, 2.75) is 0 Å². The highest BCUT2D eigenvalue weighted by Crippen LogP contribution is 2.51. The highest BCUT2D eigenvalue weighted by atomic mass is 32.1. The summed E-state index contributed by atoms with van der Waals surface area (Å²) >= 11 is 3.84. The molecule has 2 heteroatoms. The summed E-state index contributed by atoms with van der Waals surface area (Å²) in [6, 6.07) is 53.4. The standard InChI is InChI=1S/C40H24S2/c1-3-13-25(14-4-1)36-24-34-39-32(27-17-11-12-22-35(27)41-39)23-33(40(34)42-36)38-30-20-9-7-18-28(30)37(26-15-5-2-6-16-26)29-19-8-10-21-31(29)38/h1-24H. The van der Waals surface area contributed by atoms with Crippen LogP contribution in [0.15, 0.2) is 146 Å². The summed E-state index contributed by atoms with van der Waals surface area (Å²) < 4.78 is 4.08. The van der Waals surface area contributed by atoms with Crippen molar-refractivity contribution in [2.75, 3.05) is 0 Å². The summed E-state index contributed by atoms with van der Waals surface area (Å²) in [7, 11) is 0. The van der Waals surface area contributed by atoms with E-state index in [1.807, 2.05) is 22.7 Å². The van der Waals surface area contributed by atoms with E-state index in [4.69, 9.17) is 0 Å². The van der Waals surface area contributed by atoms with Gasteiger partial charge in [0.05, 0.1) is 0 Å². The largest absolute Gasteiger partial charge is 0.135 e. The van der Waals surface area contributed by atoms with Gasteiger partial charge in [-0.3, -0.25) is 0 Å². The van der Waals surface area contributed by atoms with Gasteiger partial charge in [0, 0.05) is 40.7 Å². The van der Waals surface area contributed by atoms with Gasteiger partial charge in [0.15, 0.2) is 0 Å². The minimum Gasteiger partial charge on any atom is -0.135 e. The van der Waals surface area contributed by atoms with E-state index in [1.165, 1.54) is 84.5 Å². The smallest absolute Gasteiger partial charge is 0.0442 e. The number of hydrogen-bond donors (Lipinski definition) is 0. The highest BCUT2D eigenvalue weighted by molar-refractivity contribution is 7.28. The molecule has 0 fully saturated rings. The van der Waals surface area contributed by atoms with Crippen LogP contribution in [0.4, 0.5) is 0 Å². The normalized spacial score (nSPS) is 11.8. The number of hydrogen-bond acceptors (Lipinski definition) is 2. The topological polar surface area (TPSA) is 0 Å². The van der Waals surface area contributed by atoms with Crippen LogP contribution in [-0.4, -0.2) is 0 Å². The van der Waals surface area contributed by atoms with Gasteiger partial charge in [-0.1, -0.05) is 127 Å². The summed E-state index contributed by atoms with van der Waals surface area (Å²) in [5, 5.41) is 9.21. The zero-order valence-electron chi connectivity index (χ0n) is 22.7. The van der Waals surface area contributed by atoms with E-state index in [9.17, 15) is 0 Å². The molecule has 0 bridgehead atoms. The van der Waals surface area contributed by atoms with Gasteiger partial charge >= 0.3 is 0 Å². The van der Waals surface area contributed by atoms with E-state index in [0.29, 0.717) is 0 Å². The van der Waals surface area contributed by atoms with E-state index in [2.05, 4.69) is 146 Å². The Kier molecular flexibility index (Phi) is 5.34. The van der Waals surface area contributed by atoms with Gasteiger partial charge in [0.1, 0.15) is 0 Å². The van der Waals surface area contributed by atoms with Gasteiger partial charge in [0.2, 0.25) is 0 Å². The molecule has 0 aliphatic rings. The molecule has 0 saturated carbocycles. The molecule has 196 valence electrons. The van der Waals surface area contributed by atoms with Crippen molar-refractivity contribution in [1.82, 2.24) is 0 Å². The second-order valence-electron chi connectivity index (χ2n) is 10.8. The molecule has 0 saturated heterocycles. The fraction of sp³-hybridized carbons (Fsp3) is 0. The van der Waals surface area contributed by atoms with Crippen LogP contribution in [-0.2, 0) is 0 Å². The summed E-state index contributed by atoms with van der Waals surface area (Å²) in [6.45, 7) is 0. The molecule has 42 heavy (non-hydrogen) atoms. The third kappa shape index (κ3) is 3.53. The van der Waals surface area contributed by atoms with Crippen molar-refractivity contribution < 1.29 is 0 Å². The zero-order valence-corrected chi connectivity index (χ0v) is 24.3. The fourth-order valence-electron chi connectivity index (χ4n) is 6.64. The summed E-state index contributed by atoms with van der Waals surface area (Å²) in [4.78, 5) is 1.31. The van der Waals surface area contributed by atoms with E-state index < -0.39 is 0 Å². The quantitative estimate of drug-likeness (QED) is 0.186. The Morgan fingerprint density at radius 3 is 1.50 bits per heavy atom. The van der Waals surface area contributed by atoms with Crippen LogP contribution in [0.5, 0.6) is 0 Å². The highest BCUT2D eigenvalue weighted by Gasteiger charge is 2.21. The number of thiophene rings is 2.